The summed E-state index contributed by atoms with van der Waals surface area (Å²) >= 11 is 0. The predicted octanol–water partition coefficient (Wildman–Crippen LogP) is 2.58. The van der Waals surface area contributed by atoms with E-state index in [1.807, 2.05) is 13.8 Å². The van der Waals surface area contributed by atoms with Crippen molar-refractivity contribution in [1.29, 1.82) is 0 Å². The van der Waals surface area contributed by atoms with Crippen molar-refractivity contribution >= 4 is 0 Å². The molecule has 0 saturated heterocycles. The van der Waals surface area contributed by atoms with Gasteiger partial charge in [0.25, 0.3) is 0 Å². The van der Waals surface area contributed by atoms with Crippen molar-refractivity contribution in [3.8, 4) is 0 Å². The van der Waals surface area contributed by atoms with E-state index < -0.39 is 0 Å². The second-order valence-corrected chi connectivity index (χ2v) is 5.65. The first-order valence-corrected chi connectivity index (χ1v) is 6.27. The molecule has 0 aromatic carbocycles. The molecule has 0 aromatic heterocycles. The standard InChI is InChI=1S/C13H29NO2/c1-7-11(14)12(13(4,5)6)16-9-8-15-10(2)3/h10-12H,7-9,14H2,1-6H3. The Morgan fingerprint density at radius 3 is 1.94 bits per heavy atom. The van der Waals surface area contributed by atoms with Gasteiger partial charge >= 0.3 is 0 Å². The lowest BCUT2D eigenvalue weighted by Crippen LogP contribution is -2.45. The highest BCUT2D eigenvalue weighted by Gasteiger charge is 2.29. The number of nitrogens with two attached hydrogens (primary N) is 1. The second kappa shape index (κ2) is 7.25. The molecule has 0 fully saturated rings. The average molecular weight is 231 g/mol. The number of hydrogen-bond acceptors (Lipinski definition) is 3. The summed E-state index contributed by atoms with van der Waals surface area (Å²) in [7, 11) is 0. The van der Waals surface area contributed by atoms with Crippen molar-refractivity contribution in [2.75, 3.05) is 13.2 Å². The summed E-state index contributed by atoms with van der Waals surface area (Å²) in [6.45, 7) is 13.9. The molecule has 0 spiro atoms. The SMILES string of the molecule is CCC(N)C(OCCOC(C)C)C(C)(C)C. The molecular weight excluding hydrogens is 202 g/mol. The van der Waals surface area contributed by atoms with Gasteiger partial charge in [-0.25, -0.2) is 0 Å². The molecule has 3 heteroatoms. The van der Waals surface area contributed by atoms with Gasteiger partial charge in [0.1, 0.15) is 0 Å². The van der Waals surface area contributed by atoms with Gasteiger partial charge in [0.2, 0.25) is 0 Å². The fourth-order valence-corrected chi connectivity index (χ4v) is 1.69. The van der Waals surface area contributed by atoms with Gasteiger partial charge in [-0.1, -0.05) is 27.7 Å². The molecule has 16 heavy (non-hydrogen) atoms. The molecule has 0 saturated carbocycles. The van der Waals surface area contributed by atoms with Gasteiger partial charge in [0, 0.05) is 6.04 Å². The summed E-state index contributed by atoms with van der Waals surface area (Å²) in [4.78, 5) is 0. The van der Waals surface area contributed by atoms with Crippen LogP contribution in [-0.4, -0.2) is 31.5 Å². The van der Waals surface area contributed by atoms with Crippen LogP contribution in [0.15, 0.2) is 0 Å². The van der Waals surface area contributed by atoms with Crippen molar-refractivity contribution in [3.63, 3.8) is 0 Å². The Morgan fingerprint density at radius 1 is 1.06 bits per heavy atom. The highest BCUT2D eigenvalue weighted by molar-refractivity contribution is 4.83. The fourth-order valence-electron chi connectivity index (χ4n) is 1.69. The van der Waals surface area contributed by atoms with E-state index in [4.69, 9.17) is 15.2 Å². The minimum atomic E-state index is 0.0766. The van der Waals surface area contributed by atoms with E-state index in [1.165, 1.54) is 0 Å². The van der Waals surface area contributed by atoms with Crippen molar-refractivity contribution in [1.82, 2.24) is 0 Å². The zero-order valence-corrected chi connectivity index (χ0v) is 11.7. The summed E-state index contributed by atoms with van der Waals surface area (Å²) in [5.41, 5.74) is 6.16. The van der Waals surface area contributed by atoms with E-state index >= 15 is 0 Å². The third-order valence-electron chi connectivity index (χ3n) is 2.55. The fraction of sp³-hybridized carbons (Fsp3) is 1.00. The lowest BCUT2D eigenvalue weighted by Gasteiger charge is -2.34. The molecule has 3 nitrogen and oxygen atoms in total. The Labute approximate surface area is 101 Å². The highest BCUT2D eigenvalue weighted by Crippen LogP contribution is 2.25. The normalized spacial score (nSPS) is 16.5. The van der Waals surface area contributed by atoms with Crippen LogP contribution >= 0.6 is 0 Å². The van der Waals surface area contributed by atoms with Crippen LogP contribution in [0.1, 0.15) is 48.0 Å². The smallest absolute Gasteiger partial charge is 0.0775 e. The molecule has 0 amide bonds. The molecule has 2 N–H and O–H groups in total. The molecule has 0 radical (unpaired) electrons. The van der Waals surface area contributed by atoms with Gasteiger partial charge in [-0.15, -0.1) is 0 Å². The molecule has 2 unspecified atom stereocenters. The van der Waals surface area contributed by atoms with Crippen molar-refractivity contribution < 1.29 is 9.47 Å². The van der Waals surface area contributed by atoms with Crippen LogP contribution in [0, 0.1) is 5.41 Å². The Morgan fingerprint density at radius 2 is 1.56 bits per heavy atom. The molecule has 0 bridgehead atoms. The minimum absolute atomic E-state index is 0.0766. The summed E-state index contributed by atoms with van der Waals surface area (Å²) in [6.07, 6.45) is 1.29. The van der Waals surface area contributed by atoms with E-state index in [9.17, 15) is 0 Å². The third kappa shape index (κ3) is 6.46. The van der Waals surface area contributed by atoms with E-state index in [1.54, 1.807) is 0 Å². The number of rotatable bonds is 7. The quantitative estimate of drug-likeness (QED) is 0.685. The molecule has 2 atom stereocenters. The van der Waals surface area contributed by atoms with E-state index in [-0.39, 0.29) is 23.7 Å². The largest absolute Gasteiger partial charge is 0.376 e. The zero-order chi connectivity index (χ0) is 12.8. The van der Waals surface area contributed by atoms with Crippen LogP contribution in [0.25, 0.3) is 0 Å². The molecule has 0 aliphatic rings. The van der Waals surface area contributed by atoms with Gasteiger partial charge in [-0.3, -0.25) is 0 Å². The molecule has 98 valence electrons. The third-order valence-corrected chi connectivity index (χ3v) is 2.55. The molecule has 0 rings (SSSR count). The highest BCUT2D eigenvalue weighted by atomic mass is 16.5. The van der Waals surface area contributed by atoms with Crippen LogP contribution in [-0.2, 0) is 9.47 Å². The van der Waals surface area contributed by atoms with Gasteiger partial charge in [-0.05, 0) is 25.7 Å². The Kier molecular flexibility index (Phi) is 7.20. The maximum Gasteiger partial charge on any atom is 0.0775 e. The van der Waals surface area contributed by atoms with Gasteiger partial charge in [-0.2, -0.15) is 0 Å². The zero-order valence-electron chi connectivity index (χ0n) is 11.7. The molecule has 0 aliphatic carbocycles. The summed E-state index contributed by atoms with van der Waals surface area (Å²) < 4.78 is 11.3. The molecule has 0 heterocycles. The lowest BCUT2D eigenvalue weighted by atomic mass is 9.84. The minimum Gasteiger partial charge on any atom is -0.376 e. The maximum atomic E-state index is 6.08. The van der Waals surface area contributed by atoms with E-state index in [2.05, 4.69) is 27.7 Å². The van der Waals surface area contributed by atoms with Crippen molar-refractivity contribution in [2.24, 2.45) is 11.1 Å². The lowest BCUT2D eigenvalue weighted by molar-refractivity contribution is -0.0632. The summed E-state index contributed by atoms with van der Waals surface area (Å²) in [5, 5.41) is 0. The summed E-state index contributed by atoms with van der Waals surface area (Å²) in [5.74, 6) is 0. The Hall–Kier alpha value is -0.120. The maximum absolute atomic E-state index is 6.08. The molecule has 0 aromatic rings. The first kappa shape index (κ1) is 15.9. The first-order valence-electron chi connectivity index (χ1n) is 6.27. The van der Waals surface area contributed by atoms with Gasteiger partial charge < -0.3 is 15.2 Å². The second-order valence-electron chi connectivity index (χ2n) is 5.65. The topological polar surface area (TPSA) is 44.5 Å². The van der Waals surface area contributed by atoms with Gasteiger partial charge in [0.05, 0.1) is 25.4 Å². The molecular formula is C13H29NO2. The number of hydrogen-bond donors (Lipinski definition) is 1. The van der Waals surface area contributed by atoms with Crippen LogP contribution in [0.2, 0.25) is 0 Å². The molecule has 0 aliphatic heterocycles. The van der Waals surface area contributed by atoms with Crippen LogP contribution in [0.5, 0.6) is 0 Å². The van der Waals surface area contributed by atoms with E-state index in [0.717, 1.165) is 6.42 Å². The Balaban J connectivity index is 4.04. The van der Waals surface area contributed by atoms with Crippen molar-refractivity contribution in [2.45, 2.75) is 66.2 Å². The summed E-state index contributed by atoms with van der Waals surface area (Å²) in [6, 6.07) is 0.0963. The first-order chi connectivity index (χ1) is 7.29. The van der Waals surface area contributed by atoms with Crippen LogP contribution in [0.4, 0.5) is 0 Å². The predicted molar refractivity (Wildman–Crippen MR) is 68.5 cm³/mol. The van der Waals surface area contributed by atoms with Crippen molar-refractivity contribution in [3.05, 3.63) is 0 Å². The monoisotopic (exact) mass is 231 g/mol. The van der Waals surface area contributed by atoms with Crippen LogP contribution < -0.4 is 5.73 Å². The van der Waals surface area contributed by atoms with E-state index in [0.29, 0.717) is 13.2 Å². The Bertz CT molecular complexity index is 175. The van der Waals surface area contributed by atoms with Gasteiger partial charge in [0.15, 0.2) is 0 Å². The van der Waals surface area contributed by atoms with Crippen LogP contribution in [0.3, 0.4) is 0 Å². The average Bonchev–Trinajstić information content (AvgIpc) is 2.14. The number of ether oxygens (including phenoxy) is 2.